The molecule has 5 nitrogen and oxygen atoms in total. The van der Waals surface area contributed by atoms with Gasteiger partial charge in [0, 0.05) is 12.2 Å². The second-order valence-electron chi connectivity index (χ2n) is 3.23. The molecule has 0 aliphatic heterocycles. The summed E-state index contributed by atoms with van der Waals surface area (Å²) in [5.41, 5.74) is 0.672. The molecule has 0 unspecified atom stereocenters. The third-order valence-corrected chi connectivity index (χ3v) is 2.05. The monoisotopic (exact) mass is 234 g/mol. The first-order valence-electron chi connectivity index (χ1n) is 5.26. The Morgan fingerprint density at radius 1 is 1.41 bits per heavy atom. The van der Waals surface area contributed by atoms with Gasteiger partial charge in [-0.05, 0) is 12.1 Å². The van der Waals surface area contributed by atoms with Crippen LogP contribution < -0.4 is 4.90 Å². The summed E-state index contributed by atoms with van der Waals surface area (Å²) in [6, 6.07) is 10.9. The SMILES string of the molecule is N#CCCN(C(=O)OCCO)c1ccccc1. The Bertz CT molecular complexity index is 386. The fraction of sp³-hybridized carbons (Fsp3) is 0.333. The minimum atomic E-state index is -0.555. The molecule has 1 aromatic carbocycles. The molecule has 0 heterocycles. The van der Waals surface area contributed by atoms with Crippen molar-refractivity contribution in [1.29, 1.82) is 5.26 Å². The van der Waals surface area contributed by atoms with Gasteiger partial charge < -0.3 is 9.84 Å². The number of benzene rings is 1. The third kappa shape index (κ3) is 4.13. The van der Waals surface area contributed by atoms with Crippen LogP contribution in [0.3, 0.4) is 0 Å². The number of amides is 1. The van der Waals surface area contributed by atoms with Crippen LogP contribution in [0, 0.1) is 11.3 Å². The number of aliphatic hydroxyl groups excluding tert-OH is 1. The van der Waals surface area contributed by atoms with E-state index in [9.17, 15) is 4.79 Å². The number of carbonyl (C=O) groups excluding carboxylic acids is 1. The molecule has 0 atom stereocenters. The van der Waals surface area contributed by atoms with E-state index in [4.69, 9.17) is 15.1 Å². The summed E-state index contributed by atoms with van der Waals surface area (Å²) in [4.78, 5) is 13.1. The highest BCUT2D eigenvalue weighted by atomic mass is 16.6. The van der Waals surface area contributed by atoms with Gasteiger partial charge >= 0.3 is 6.09 Å². The Balaban J connectivity index is 2.74. The van der Waals surface area contributed by atoms with Crippen molar-refractivity contribution in [2.24, 2.45) is 0 Å². The molecule has 0 aromatic heterocycles. The van der Waals surface area contributed by atoms with Crippen LogP contribution in [-0.4, -0.2) is 31.0 Å². The smallest absolute Gasteiger partial charge is 0.414 e. The lowest BCUT2D eigenvalue weighted by Gasteiger charge is -2.20. The molecule has 0 saturated carbocycles. The number of hydrogen-bond donors (Lipinski definition) is 1. The lowest BCUT2D eigenvalue weighted by molar-refractivity contribution is 0.125. The van der Waals surface area contributed by atoms with Crippen molar-refractivity contribution < 1.29 is 14.6 Å². The number of ether oxygens (including phenoxy) is 1. The summed E-state index contributed by atoms with van der Waals surface area (Å²) in [6.07, 6.45) is -0.330. The van der Waals surface area contributed by atoms with Crippen molar-refractivity contribution in [2.75, 3.05) is 24.7 Å². The van der Waals surface area contributed by atoms with E-state index in [-0.39, 0.29) is 26.2 Å². The van der Waals surface area contributed by atoms with Crippen LogP contribution in [0.2, 0.25) is 0 Å². The fourth-order valence-electron chi connectivity index (χ4n) is 1.31. The number of para-hydroxylation sites is 1. The third-order valence-electron chi connectivity index (χ3n) is 2.05. The van der Waals surface area contributed by atoms with E-state index in [0.717, 1.165) is 0 Å². The maximum atomic E-state index is 11.7. The van der Waals surface area contributed by atoms with E-state index in [1.54, 1.807) is 24.3 Å². The average molecular weight is 234 g/mol. The molecule has 17 heavy (non-hydrogen) atoms. The molecule has 1 aromatic rings. The van der Waals surface area contributed by atoms with Crippen molar-refractivity contribution in [3.05, 3.63) is 30.3 Å². The Hall–Kier alpha value is -2.06. The minimum Gasteiger partial charge on any atom is -0.447 e. The molecule has 1 rings (SSSR count). The van der Waals surface area contributed by atoms with E-state index in [0.29, 0.717) is 5.69 Å². The number of hydrogen-bond acceptors (Lipinski definition) is 4. The van der Waals surface area contributed by atoms with Gasteiger partial charge in [0.25, 0.3) is 0 Å². The highest BCUT2D eigenvalue weighted by Gasteiger charge is 2.16. The predicted molar refractivity (Wildman–Crippen MR) is 62.5 cm³/mol. The summed E-state index contributed by atoms with van der Waals surface area (Å²) < 4.78 is 4.83. The second-order valence-corrected chi connectivity index (χ2v) is 3.23. The standard InChI is InChI=1S/C12H14N2O3/c13-7-4-8-14(12(16)17-10-9-15)11-5-2-1-3-6-11/h1-3,5-6,15H,4,8-10H2. The zero-order valence-corrected chi connectivity index (χ0v) is 9.37. The van der Waals surface area contributed by atoms with E-state index >= 15 is 0 Å². The second kappa shape index (κ2) is 7.25. The molecule has 0 aliphatic carbocycles. The van der Waals surface area contributed by atoms with Crippen LogP contribution in [0.25, 0.3) is 0 Å². The molecule has 0 bridgehead atoms. The van der Waals surface area contributed by atoms with Crippen LogP contribution in [-0.2, 0) is 4.74 Å². The molecule has 0 saturated heterocycles. The van der Waals surface area contributed by atoms with Gasteiger partial charge in [-0.15, -0.1) is 0 Å². The molecule has 1 amide bonds. The van der Waals surface area contributed by atoms with Crippen molar-refractivity contribution in [3.8, 4) is 6.07 Å². The first-order valence-corrected chi connectivity index (χ1v) is 5.26. The lowest BCUT2D eigenvalue weighted by Crippen LogP contribution is -2.33. The summed E-state index contributed by atoms with van der Waals surface area (Å²) >= 11 is 0. The van der Waals surface area contributed by atoms with E-state index in [2.05, 4.69) is 0 Å². The highest BCUT2D eigenvalue weighted by molar-refractivity contribution is 5.87. The molecule has 1 N–H and O–H groups in total. The normalized spacial score (nSPS) is 9.41. The number of carbonyl (C=O) groups is 1. The van der Waals surface area contributed by atoms with Crippen LogP contribution in [0.1, 0.15) is 6.42 Å². The largest absolute Gasteiger partial charge is 0.447 e. The molecule has 0 radical (unpaired) electrons. The van der Waals surface area contributed by atoms with Gasteiger partial charge in [-0.1, -0.05) is 18.2 Å². The van der Waals surface area contributed by atoms with Gasteiger partial charge in [0.05, 0.1) is 19.1 Å². The molecule has 90 valence electrons. The predicted octanol–water partition coefficient (Wildman–Crippen LogP) is 1.54. The fourth-order valence-corrected chi connectivity index (χ4v) is 1.31. The van der Waals surface area contributed by atoms with Gasteiger partial charge in [0.15, 0.2) is 0 Å². The Morgan fingerprint density at radius 2 is 2.12 bits per heavy atom. The molecular formula is C12H14N2O3. The van der Waals surface area contributed by atoms with Crippen molar-refractivity contribution >= 4 is 11.8 Å². The quantitative estimate of drug-likeness (QED) is 0.838. The molecular weight excluding hydrogens is 220 g/mol. The number of nitriles is 1. The summed E-state index contributed by atoms with van der Waals surface area (Å²) in [5.74, 6) is 0. The van der Waals surface area contributed by atoms with Crippen molar-refractivity contribution in [2.45, 2.75) is 6.42 Å². The van der Waals surface area contributed by atoms with E-state index in [1.165, 1.54) is 4.90 Å². The van der Waals surface area contributed by atoms with Gasteiger partial charge in [-0.2, -0.15) is 5.26 Å². The highest BCUT2D eigenvalue weighted by Crippen LogP contribution is 2.14. The zero-order chi connectivity index (χ0) is 12.5. The topological polar surface area (TPSA) is 73.6 Å². The number of anilines is 1. The molecule has 0 fully saturated rings. The van der Waals surface area contributed by atoms with Gasteiger partial charge in [-0.25, -0.2) is 4.79 Å². The maximum absolute atomic E-state index is 11.7. The molecule has 0 aliphatic rings. The number of aliphatic hydroxyl groups is 1. The van der Waals surface area contributed by atoms with E-state index < -0.39 is 6.09 Å². The minimum absolute atomic E-state index is 0.0469. The molecule has 5 heteroatoms. The number of nitrogens with zero attached hydrogens (tertiary/aromatic N) is 2. The van der Waals surface area contributed by atoms with E-state index in [1.807, 2.05) is 12.1 Å². The summed E-state index contributed by atoms with van der Waals surface area (Å²) in [7, 11) is 0. The van der Waals surface area contributed by atoms with Gasteiger partial charge in [-0.3, -0.25) is 4.90 Å². The maximum Gasteiger partial charge on any atom is 0.414 e. The first kappa shape index (κ1) is 13.0. The Labute approximate surface area is 99.8 Å². The summed E-state index contributed by atoms with van der Waals surface area (Å²) in [5, 5.41) is 17.1. The average Bonchev–Trinajstić information content (AvgIpc) is 2.38. The zero-order valence-electron chi connectivity index (χ0n) is 9.37. The van der Waals surface area contributed by atoms with Crippen LogP contribution in [0.4, 0.5) is 10.5 Å². The van der Waals surface area contributed by atoms with Crippen molar-refractivity contribution in [1.82, 2.24) is 0 Å². The Kier molecular flexibility index (Phi) is 5.55. The Morgan fingerprint density at radius 3 is 2.71 bits per heavy atom. The van der Waals surface area contributed by atoms with Gasteiger partial charge in [0.2, 0.25) is 0 Å². The summed E-state index contributed by atoms with van der Waals surface area (Å²) in [6.45, 7) is 0.00607. The van der Waals surface area contributed by atoms with Crippen LogP contribution >= 0.6 is 0 Å². The van der Waals surface area contributed by atoms with Crippen LogP contribution in [0.15, 0.2) is 30.3 Å². The number of rotatable bonds is 5. The van der Waals surface area contributed by atoms with Crippen molar-refractivity contribution in [3.63, 3.8) is 0 Å². The first-order chi connectivity index (χ1) is 8.29. The lowest BCUT2D eigenvalue weighted by atomic mass is 10.3. The van der Waals surface area contributed by atoms with Crippen LogP contribution in [0.5, 0.6) is 0 Å². The van der Waals surface area contributed by atoms with Gasteiger partial charge in [0.1, 0.15) is 6.61 Å². The molecule has 0 spiro atoms.